The highest BCUT2D eigenvalue weighted by Gasteiger charge is 2.73. The van der Waals surface area contributed by atoms with Crippen molar-refractivity contribution in [2.75, 3.05) is 0 Å². The number of benzene rings is 1. The van der Waals surface area contributed by atoms with E-state index >= 15 is 0 Å². The van der Waals surface area contributed by atoms with Crippen molar-refractivity contribution in [1.29, 1.82) is 0 Å². The van der Waals surface area contributed by atoms with Crippen LogP contribution in [0.15, 0.2) is 75.5 Å². The number of esters is 1. The topological polar surface area (TPSA) is 83.8 Å². The van der Waals surface area contributed by atoms with E-state index in [4.69, 9.17) is 4.74 Å². The first kappa shape index (κ1) is 31.3. The van der Waals surface area contributed by atoms with Crippen molar-refractivity contribution in [3.05, 3.63) is 81.1 Å². The van der Waals surface area contributed by atoms with Crippen LogP contribution >= 0.6 is 15.9 Å². The van der Waals surface area contributed by atoms with Crippen molar-refractivity contribution in [3.8, 4) is 0 Å². The van der Waals surface area contributed by atoms with Gasteiger partial charge in [0.25, 0.3) is 0 Å². The first-order valence-electron chi connectivity index (χ1n) is 13.6. The van der Waals surface area contributed by atoms with Gasteiger partial charge in [0.2, 0.25) is 0 Å². The number of carbonyl (C=O) groups is 2. The molecular formula is C33H43BrO5. The summed E-state index contributed by atoms with van der Waals surface area (Å²) in [7, 11) is 0. The maximum atomic E-state index is 14.8. The third-order valence-corrected chi connectivity index (χ3v) is 9.27. The molecule has 4 atom stereocenters. The van der Waals surface area contributed by atoms with Gasteiger partial charge in [-0.05, 0) is 77.1 Å². The number of ketones is 1. The van der Waals surface area contributed by atoms with E-state index in [1.165, 1.54) is 0 Å². The van der Waals surface area contributed by atoms with E-state index in [0.29, 0.717) is 24.0 Å². The van der Waals surface area contributed by atoms with Crippen molar-refractivity contribution in [2.24, 2.45) is 22.2 Å². The lowest BCUT2D eigenvalue weighted by Crippen LogP contribution is -2.71. The van der Waals surface area contributed by atoms with Crippen molar-refractivity contribution in [1.82, 2.24) is 0 Å². The molecule has 0 aliphatic heterocycles. The summed E-state index contributed by atoms with van der Waals surface area (Å²) in [5.41, 5.74) is -0.210. The number of ether oxygens (including phenoxy) is 1. The molecule has 0 saturated heterocycles. The normalized spacial score (nSPS) is 26.8. The lowest BCUT2D eigenvalue weighted by atomic mass is 9.40. The Morgan fingerprint density at radius 1 is 1.13 bits per heavy atom. The molecule has 0 heterocycles. The van der Waals surface area contributed by atoms with Crippen LogP contribution in [0.5, 0.6) is 0 Å². The van der Waals surface area contributed by atoms with E-state index in [1.807, 2.05) is 67.5 Å². The molecule has 0 unspecified atom stereocenters. The zero-order chi connectivity index (χ0) is 29.5. The van der Waals surface area contributed by atoms with Gasteiger partial charge in [-0.1, -0.05) is 79.1 Å². The van der Waals surface area contributed by atoms with Gasteiger partial charge in [0, 0.05) is 15.5 Å². The molecule has 2 N–H and O–H groups in total. The summed E-state index contributed by atoms with van der Waals surface area (Å²) < 4.78 is 7.01. The smallest absolute Gasteiger partial charge is 0.343 e. The number of hydrogen-bond donors (Lipinski definition) is 2. The average Bonchev–Trinajstić information content (AvgIpc) is 2.84. The van der Waals surface area contributed by atoms with Crippen LogP contribution in [0.25, 0.3) is 0 Å². The van der Waals surface area contributed by atoms with Gasteiger partial charge in [-0.3, -0.25) is 4.79 Å². The maximum Gasteiger partial charge on any atom is 0.343 e. The first-order valence-corrected chi connectivity index (χ1v) is 14.4. The van der Waals surface area contributed by atoms with Crippen molar-refractivity contribution >= 4 is 27.7 Å². The number of carbonyl (C=O) groups excluding carboxylic acids is 2. The molecule has 212 valence electrons. The summed E-state index contributed by atoms with van der Waals surface area (Å²) in [6, 6.07) is 6.82. The van der Waals surface area contributed by atoms with Crippen LogP contribution < -0.4 is 0 Å². The van der Waals surface area contributed by atoms with Gasteiger partial charge in [-0.25, -0.2) is 4.79 Å². The Balaban J connectivity index is 2.42. The standard InChI is InChI=1S/C33H43BrO5/c1-19(2)10-15-25-27(36)33(26(35)21(5)6)30(38)32(17-16-20(3)4,18-22(7)31(33,8)9)28(25)39-29(37)23-11-13-24(34)14-12-23/h10-14,16,21,26,30,35,38H,7,15,17-18H2,1-6,8-9H3/t26-,30-,32-,33+/m0/s1. The monoisotopic (exact) mass is 598 g/mol. The average molecular weight is 600 g/mol. The van der Waals surface area contributed by atoms with Crippen LogP contribution in [0, 0.1) is 22.2 Å². The highest BCUT2D eigenvalue weighted by atomic mass is 79.9. The number of rotatable bonds is 8. The predicted molar refractivity (Wildman–Crippen MR) is 159 cm³/mol. The second-order valence-electron chi connectivity index (χ2n) is 12.5. The molecule has 0 aromatic heterocycles. The fourth-order valence-corrected chi connectivity index (χ4v) is 6.55. The molecular weight excluding hydrogens is 556 g/mol. The first-order chi connectivity index (χ1) is 18.0. The molecule has 1 fully saturated rings. The van der Waals surface area contributed by atoms with Gasteiger partial charge in [0.15, 0.2) is 5.78 Å². The minimum atomic E-state index is -1.57. The third-order valence-electron chi connectivity index (χ3n) is 8.74. The summed E-state index contributed by atoms with van der Waals surface area (Å²) in [4.78, 5) is 28.3. The fourth-order valence-electron chi connectivity index (χ4n) is 6.28. The molecule has 0 radical (unpaired) electrons. The van der Waals surface area contributed by atoms with E-state index in [0.717, 1.165) is 21.2 Å². The molecule has 0 spiro atoms. The lowest BCUT2D eigenvalue weighted by molar-refractivity contribution is -0.206. The molecule has 2 aliphatic carbocycles. The number of aliphatic hydroxyl groups is 2. The van der Waals surface area contributed by atoms with Crippen LogP contribution in [0.4, 0.5) is 0 Å². The SMILES string of the molecule is C=C1C[C@@]2(CC=C(C)C)C(OC(=O)c3ccc(Br)cc3)=C(CC=C(C)C)C(=O)[C@]([C@@H](O)C(C)C)([C@H]2O)C1(C)C. The number of aliphatic hydroxyl groups excluding tert-OH is 2. The zero-order valence-electron chi connectivity index (χ0n) is 24.5. The van der Waals surface area contributed by atoms with Crippen LogP contribution in [-0.2, 0) is 9.53 Å². The number of Topliss-reactive ketones (excluding diaryl/α,β-unsaturated/α-hetero) is 1. The second-order valence-corrected chi connectivity index (χ2v) is 13.4. The largest absolute Gasteiger partial charge is 0.426 e. The van der Waals surface area contributed by atoms with Crippen LogP contribution in [0.1, 0.15) is 85.0 Å². The Hall–Kier alpha value is -2.28. The van der Waals surface area contributed by atoms with Crippen LogP contribution in [0.2, 0.25) is 0 Å². The number of halogens is 1. The Labute approximate surface area is 241 Å². The molecule has 3 rings (SSSR count). The zero-order valence-corrected chi connectivity index (χ0v) is 26.1. The highest BCUT2D eigenvalue weighted by Crippen LogP contribution is 2.68. The minimum absolute atomic E-state index is 0.186. The summed E-state index contributed by atoms with van der Waals surface area (Å²) in [6.07, 6.45) is 2.34. The number of allylic oxidation sites excluding steroid dienone is 6. The van der Waals surface area contributed by atoms with Crippen LogP contribution in [-0.4, -0.2) is 34.2 Å². The molecule has 2 bridgehead atoms. The van der Waals surface area contributed by atoms with Gasteiger partial charge in [-0.2, -0.15) is 0 Å². The Morgan fingerprint density at radius 3 is 2.21 bits per heavy atom. The quantitative estimate of drug-likeness (QED) is 0.239. The highest BCUT2D eigenvalue weighted by molar-refractivity contribution is 9.10. The van der Waals surface area contributed by atoms with Gasteiger partial charge in [0.05, 0.1) is 28.6 Å². The number of hydrogen-bond acceptors (Lipinski definition) is 5. The van der Waals surface area contributed by atoms with Crippen LogP contribution in [0.3, 0.4) is 0 Å². The lowest BCUT2D eigenvalue weighted by Gasteiger charge is -2.64. The molecule has 1 saturated carbocycles. The molecule has 39 heavy (non-hydrogen) atoms. The summed E-state index contributed by atoms with van der Waals surface area (Å²) in [6.45, 7) is 19.7. The van der Waals surface area contributed by atoms with E-state index in [2.05, 4.69) is 22.5 Å². The molecule has 0 amide bonds. The van der Waals surface area contributed by atoms with Crippen molar-refractivity contribution < 1.29 is 24.5 Å². The van der Waals surface area contributed by atoms with E-state index in [1.54, 1.807) is 24.3 Å². The van der Waals surface area contributed by atoms with Gasteiger partial charge >= 0.3 is 5.97 Å². The van der Waals surface area contributed by atoms with Gasteiger partial charge < -0.3 is 14.9 Å². The minimum Gasteiger partial charge on any atom is -0.426 e. The van der Waals surface area contributed by atoms with Crippen molar-refractivity contribution in [2.45, 2.75) is 86.9 Å². The maximum absolute atomic E-state index is 14.8. The molecule has 2 aliphatic rings. The fraction of sp³-hybridized carbons (Fsp3) is 0.515. The van der Waals surface area contributed by atoms with Gasteiger partial charge in [0.1, 0.15) is 5.76 Å². The van der Waals surface area contributed by atoms with Gasteiger partial charge in [-0.15, -0.1) is 0 Å². The Bertz CT molecular complexity index is 1240. The Kier molecular flexibility index (Phi) is 9.06. The molecule has 1 aromatic rings. The van der Waals surface area contributed by atoms with Crippen molar-refractivity contribution in [3.63, 3.8) is 0 Å². The second kappa shape index (κ2) is 11.3. The van der Waals surface area contributed by atoms with E-state index < -0.39 is 34.4 Å². The summed E-state index contributed by atoms with van der Waals surface area (Å²) >= 11 is 3.39. The van der Waals surface area contributed by atoms with E-state index in [-0.39, 0.29) is 23.9 Å². The third kappa shape index (κ3) is 5.16. The molecule has 6 heteroatoms. The number of fused-ring (bicyclic) bond motifs is 2. The molecule has 5 nitrogen and oxygen atoms in total. The Morgan fingerprint density at radius 2 is 1.69 bits per heavy atom. The predicted octanol–water partition coefficient (Wildman–Crippen LogP) is 7.49. The van der Waals surface area contributed by atoms with E-state index in [9.17, 15) is 19.8 Å². The summed E-state index contributed by atoms with van der Waals surface area (Å²) in [5.74, 6) is -1.11. The molecule has 1 aromatic carbocycles. The summed E-state index contributed by atoms with van der Waals surface area (Å²) in [5, 5.41) is 24.3.